The van der Waals surface area contributed by atoms with Gasteiger partial charge in [0.15, 0.2) is 11.0 Å². The predicted molar refractivity (Wildman–Crippen MR) is 62.9 cm³/mol. The van der Waals surface area contributed by atoms with E-state index in [1.165, 1.54) is 12.1 Å². The lowest BCUT2D eigenvalue weighted by Gasteiger charge is -2.12. The van der Waals surface area contributed by atoms with Gasteiger partial charge in [-0.25, -0.2) is 0 Å². The Hall–Kier alpha value is -1.75. The van der Waals surface area contributed by atoms with E-state index in [1.54, 1.807) is 10.9 Å². The van der Waals surface area contributed by atoms with E-state index in [0.717, 1.165) is 0 Å². The van der Waals surface area contributed by atoms with Crippen molar-refractivity contribution in [2.75, 3.05) is 0 Å². The van der Waals surface area contributed by atoms with Gasteiger partial charge in [-0.2, -0.15) is 5.10 Å². The van der Waals surface area contributed by atoms with Crippen LogP contribution < -0.4 is 5.32 Å². The monoisotopic (exact) mass is 253 g/mol. The SMILES string of the molecule is C[C@@H](Cn1cccn1)NC(=O)c1ccc(Cl)o1. The largest absolute Gasteiger partial charge is 0.440 e. The number of rotatable bonds is 4. The first-order valence-electron chi connectivity index (χ1n) is 5.19. The smallest absolute Gasteiger partial charge is 0.287 e. The van der Waals surface area contributed by atoms with Crippen LogP contribution >= 0.6 is 11.6 Å². The fourth-order valence-electron chi connectivity index (χ4n) is 1.47. The lowest BCUT2D eigenvalue weighted by molar-refractivity contribution is 0.0908. The molecule has 0 bridgehead atoms. The third-order valence-electron chi connectivity index (χ3n) is 2.19. The Morgan fingerprint density at radius 1 is 1.65 bits per heavy atom. The molecule has 17 heavy (non-hydrogen) atoms. The highest BCUT2D eigenvalue weighted by atomic mass is 35.5. The molecule has 0 unspecified atom stereocenters. The average molecular weight is 254 g/mol. The molecule has 0 saturated heterocycles. The molecular formula is C11H12ClN3O2. The molecule has 2 aromatic heterocycles. The first-order valence-corrected chi connectivity index (χ1v) is 5.56. The number of hydrogen-bond acceptors (Lipinski definition) is 3. The number of furan rings is 1. The summed E-state index contributed by atoms with van der Waals surface area (Å²) in [6.07, 6.45) is 3.53. The van der Waals surface area contributed by atoms with Gasteiger partial charge in [0.2, 0.25) is 0 Å². The number of hydrogen-bond donors (Lipinski definition) is 1. The summed E-state index contributed by atoms with van der Waals surface area (Å²) in [6.45, 7) is 2.50. The van der Waals surface area contributed by atoms with Crippen LogP contribution in [0.15, 0.2) is 35.0 Å². The van der Waals surface area contributed by atoms with Crippen LogP contribution in [-0.4, -0.2) is 21.7 Å². The van der Waals surface area contributed by atoms with Crippen molar-refractivity contribution in [1.82, 2.24) is 15.1 Å². The first-order chi connectivity index (χ1) is 8.15. The molecule has 0 aromatic carbocycles. The summed E-state index contributed by atoms with van der Waals surface area (Å²) in [4.78, 5) is 11.7. The van der Waals surface area contributed by atoms with Crippen molar-refractivity contribution in [3.63, 3.8) is 0 Å². The summed E-state index contributed by atoms with van der Waals surface area (Å²) in [7, 11) is 0. The Labute approximate surface area is 103 Å². The number of carbonyl (C=O) groups is 1. The van der Waals surface area contributed by atoms with Crippen molar-refractivity contribution in [2.45, 2.75) is 19.5 Å². The zero-order valence-corrected chi connectivity index (χ0v) is 10.0. The van der Waals surface area contributed by atoms with Crippen LogP contribution in [0.25, 0.3) is 0 Å². The van der Waals surface area contributed by atoms with E-state index in [-0.39, 0.29) is 22.9 Å². The highest BCUT2D eigenvalue weighted by Crippen LogP contribution is 2.12. The summed E-state index contributed by atoms with van der Waals surface area (Å²) < 4.78 is 6.76. The van der Waals surface area contributed by atoms with Gasteiger partial charge < -0.3 is 9.73 Å². The first kappa shape index (κ1) is 11.7. The fourth-order valence-corrected chi connectivity index (χ4v) is 1.61. The van der Waals surface area contributed by atoms with Crippen LogP contribution in [0, 0.1) is 0 Å². The summed E-state index contributed by atoms with van der Waals surface area (Å²) in [5.41, 5.74) is 0. The van der Waals surface area contributed by atoms with E-state index in [0.29, 0.717) is 6.54 Å². The van der Waals surface area contributed by atoms with E-state index in [4.69, 9.17) is 16.0 Å². The van der Waals surface area contributed by atoms with E-state index in [9.17, 15) is 4.79 Å². The van der Waals surface area contributed by atoms with Crippen molar-refractivity contribution < 1.29 is 9.21 Å². The van der Waals surface area contributed by atoms with Crippen LogP contribution in [0.3, 0.4) is 0 Å². The Bertz CT molecular complexity index is 493. The van der Waals surface area contributed by atoms with Gasteiger partial charge in [-0.3, -0.25) is 9.48 Å². The lowest BCUT2D eigenvalue weighted by atomic mass is 10.3. The maximum atomic E-state index is 11.7. The number of aromatic nitrogens is 2. The van der Waals surface area contributed by atoms with Crippen LogP contribution in [-0.2, 0) is 6.54 Å². The van der Waals surface area contributed by atoms with Gasteiger partial charge in [-0.05, 0) is 36.7 Å². The van der Waals surface area contributed by atoms with Crippen molar-refractivity contribution in [1.29, 1.82) is 0 Å². The second-order valence-electron chi connectivity index (χ2n) is 3.71. The van der Waals surface area contributed by atoms with Gasteiger partial charge in [0.05, 0.1) is 6.54 Å². The number of amides is 1. The standard InChI is InChI=1S/C11H12ClN3O2/c1-8(7-15-6-2-5-13-15)14-11(16)9-3-4-10(12)17-9/h2-6,8H,7H2,1H3,(H,14,16)/t8-/m0/s1. The minimum Gasteiger partial charge on any atom is -0.440 e. The zero-order chi connectivity index (χ0) is 12.3. The highest BCUT2D eigenvalue weighted by Gasteiger charge is 2.13. The van der Waals surface area contributed by atoms with Crippen LogP contribution in [0.5, 0.6) is 0 Å². The summed E-state index contributed by atoms with van der Waals surface area (Å²) in [5.74, 6) is -0.0705. The summed E-state index contributed by atoms with van der Waals surface area (Å²) in [6, 6.07) is 4.86. The maximum absolute atomic E-state index is 11.7. The van der Waals surface area contributed by atoms with Gasteiger partial charge in [0, 0.05) is 18.4 Å². The molecule has 0 fully saturated rings. The molecule has 1 N–H and O–H groups in total. The molecule has 90 valence electrons. The third-order valence-corrected chi connectivity index (χ3v) is 2.40. The number of nitrogens with one attached hydrogen (secondary N) is 1. The maximum Gasteiger partial charge on any atom is 0.287 e. The van der Waals surface area contributed by atoms with Gasteiger partial charge >= 0.3 is 0 Å². The topological polar surface area (TPSA) is 60.1 Å². The van der Waals surface area contributed by atoms with E-state index < -0.39 is 0 Å². The second-order valence-corrected chi connectivity index (χ2v) is 4.08. The minimum atomic E-state index is -0.281. The quantitative estimate of drug-likeness (QED) is 0.906. The van der Waals surface area contributed by atoms with Gasteiger partial charge in [0.25, 0.3) is 5.91 Å². The molecule has 0 aliphatic heterocycles. The van der Waals surface area contributed by atoms with E-state index in [2.05, 4.69) is 10.4 Å². The van der Waals surface area contributed by atoms with Crippen molar-refractivity contribution in [3.05, 3.63) is 41.6 Å². The normalized spacial score (nSPS) is 12.4. The van der Waals surface area contributed by atoms with Gasteiger partial charge in [-0.15, -0.1) is 0 Å². The molecule has 2 aromatic rings. The minimum absolute atomic E-state index is 0.0497. The van der Waals surface area contributed by atoms with Crippen LogP contribution in [0.2, 0.25) is 5.22 Å². The molecule has 0 saturated carbocycles. The molecule has 0 spiro atoms. The summed E-state index contributed by atoms with van der Waals surface area (Å²) >= 11 is 5.60. The van der Waals surface area contributed by atoms with Crippen molar-refractivity contribution >= 4 is 17.5 Å². The molecule has 1 amide bonds. The number of carbonyl (C=O) groups excluding carboxylic acids is 1. The van der Waals surface area contributed by atoms with Crippen LogP contribution in [0.4, 0.5) is 0 Å². The molecule has 0 radical (unpaired) electrons. The van der Waals surface area contributed by atoms with Crippen LogP contribution in [0.1, 0.15) is 17.5 Å². The molecule has 5 nitrogen and oxygen atoms in total. The zero-order valence-electron chi connectivity index (χ0n) is 9.26. The van der Waals surface area contributed by atoms with E-state index in [1.807, 2.05) is 19.2 Å². The van der Waals surface area contributed by atoms with Gasteiger partial charge in [0.1, 0.15) is 0 Å². The molecule has 2 rings (SSSR count). The molecule has 1 atom stereocenters. The Morgan fingerprint density at radius 3 is 3.06 bits per heavy atom. The van der Waals surface area contributed by atoms with Crippen molar-refractivity contribution in [2.24, 2.45) is 0 Å². The highest BCUT2D eigenvalue weighted by molar-refractivity contribution is 6.29. The Kier molecular flexibility index (Phi) is 3.49. The van der Waals surface area contributed by atoms with E-state index >= 15 is 0 Å². The average Bonchev–Trinajstić information content (AvgIpc) is 2.89. The molecule has 6 heteroatoms. The Morgan fingerprint density at radius 2 is 2.47 bits per heavy atom. The molecular weight excluding hydrogens is 242 g/mol. The Balaban J connectivity index is 1.90. The van der Waals surface area contributed by atoms with Gasteiger partial charge in [-0.1, -0.05) is 0 Å². The molecule has 0 aliphatic carbocycles. The molecule has 0 aliphatic rings. The fraction of sp³-hybridized carbons (Fsp3) is 0.273. The number of nitrogens with zero attached hydrogens (tertiary/aromatic N) is 2. The molecule has 2 heterocycles. The second kappa shape index (κ2) is 5.05. The number of halogens is 1. The third kappa shape index (κ3) is 3.10. The lowest BCUT2D eigenvalue weighted by Crippen LogP contribution is -2.35. The van der Waals surface area contributed by atoms with Crippen molar-refractivity contribution in [3.8, 4) is 0 Å². The summed E-state index contributed by atoms with van der Waals surface area (Å²) in [5, 5.41) is 7.06. The predicted octanol–water partition coefficient (Wildman–Crippen LogP) is 1.95.